The van der Waals surface area contributed by atoms with E-state index >= 15 is 0 Å². The Morgan fingerprint density at radius 1 is 1.41 bits per heavy atom. The molecule has 2 nitrogen and oxygen atoms in total. The van der Waals surface area contributed by atoms with Gasteiger partial charge in [-0.05, 0) is 44.9 Å². The fraction of sp³-hybridized carbons (Fsp3) is 0.571. The van der Waals surface area contributed by atoms with Gasteiger partial charge in [-0.1, -0.05) is 12.1 Å². The topological polar surface area (TPSA) is 29.5 Å². The van der Waals surface area contributed by atoms with Crippen LogP contribution in [0.15, 0.2) is 29.2 Å². The third-order valence-corrected chi connectivity index (χ3v) is 3.86. The maximum atomic E-state index is 9.51. The Bertz CT molecular complexity index is 348. The molecule has 0 aromatic heterocycles. The lowest BCUT2D eigenvalue weighted by atomic mass is 10.1. The Balaban J connectivity index is 2.50. The highest BCUT2D eigenvalue weighted by molar-refractivity contribution is 7.99. The quantitative estimate of drug-likeness (QED) is 0.786. The van der Waals surface area contributed by atoms with Crippen molar-refractivity contribution in [3.63, 3.8) is 0 Å². The Labute approximate surface area is 108 Å². The minimum atomic E-state index is -0.397. The van der Waals surface area contributed by atoms with E-state index < -0.39 is 6.10 Å². The average molecular weight is 254 g/mol. The van der Waals surface area contributed by atoms with Crippen molar-refractivity contribution in [3.05, 3.63) is 29.8 Å². The minimum absolute atomic E-state index is 0.0606. The van der Waals surface area contributed by atoms with Crippen LogP contribution in [-0.2, 0) is 4.74 Å². The summed E-state index contributed by atoms with van der Waals surface area (Å²) in [5.74, 6) is 1.02. The molecule has 0 bridgehead atoms. The summed E-state index contributed by atoms with van der Waals surface area (Å²) in [5, 5.41) is 9.51. The van der Waals surface area contributed by atoms with Gasteiger partial charge in [0, 0.05) is 17.8 Å². The van der Waals surface area contributed by atoms with Gasteiger partial charge in [-0.3, -0.25) is 0 Å². The predicted molar refractivity (Wildman–Crippen MR) is 73.5 cm³/mol. The van der Waals surface area contributed by atoms with Crippen molar-refractivity contribution in [1.29, 1.82) is 0 Å². The van der Waals surface area contributed by atoms with Gasteiger partial charge in [-0.15, -0.1) is 11.8 Å². The van der Waals surface area contributed by atoms with Gasteiger partial charge in [0.15, 0.2) is 0 Å². The molecule has 0 aliphatic carbocycles. The summed E-state index contributed by atoms with van der Waals surface area (Å²) < 4.78 is 5.38. The van der Waals surface area contributed by atoms with Crippen molar-refractivity contribution in [2.75, 3.05) is 12.9 Å². The van der Waals surface area contributed by atoms with Gasteiger partial charge in [-0.2, -0.15) is 0 Å². The normalized spacial score (nSPS) is 13.7. The van der Waals surface area contributed by atoms with E-state index in [4.69, 9.17) is 4.74 Å². The molecule has 1 rings (SSSR count). The van der Waals surface area contributed by atoms with Gasteiger partial charge < -0.3 is 9.84 Å². The zero-order valence-electron chi connectivity index (χ0n) is 11.1. The highest BCUT2D eigenvalue weighted by atomic mass is 32.2. The molecule has 0 saturated heterocycles. The van der Waals surface area contributed by atoms with Crippen molar-refractivity contribution in [3.8, 4) is 0 Å². The second-order valence-corrected chi connectivity index (χ2v) is 5.98. The zero-order valence-corrected chi connectivity index (χ0v) is 11.9. The van der Waals surface area contributed by atoms with E-state index in [9.17, 15) is 5.11 Å². The van der Waals surface area contributed by atoms with Crippen LogP contribution in [0.2, 0.25) is 0 Å². The summed E-state index contributed by atoms with van der Waals surface area (Å²) in [4.78, 5) is 1.20. The number of aliphatic hydroxyl groups is 1. The van der Waals surface area contributed by atoms with Gasteiger partial charge in [0.1, 0.15) is 0 Å². The number of rotatable bonds is 6. The molecule has 1 aromatic carbocycles. The first-order valence-corrected chi connectivity index (χ1v) is 6.89. The third-order valence-electron chi connectivity index (χ3n) is 2.87. The molecule has 96 valence electrons. The fourth-order valence-electron chi connectivity index (χ4n) is 1.38. The first-order chi connectivity index (χ1) is 7.94. The summed E-state index contributed by atoms with van der Waals surface area (Å²) in [6.45, 7) is 5.98. The monoisotopic (exact) mass is 254 g/mol. The van der Waals surface area contributed by atoms with Crippen LogP contribution in [0, 0.1) is 0 Å². The summed E-state index contributed by atoms with van der Waals surface area (Å²) in [5.41, 5.74) is 0.913. The molecular weight excluding hydrogens is 232 g/mol. The Morgan fingerprint density at radius 3 is 2.71 bits per heavy atom. The van der Waals surface area contributed by atoms with Gasteiger partial charge in [0.25, 0.3) is 0 Å². The standard InChI is InChI=1S/C14H22O2S/c1-11(15)12-6-5-7-13(10-12)17-9-8-14(2,3)16-4/h5-7,10-11,15H,8-9H2,1-4H3. The van der Waals surface area contributed by atoms with Crippen LogP contribution >= 0.6 is 11.8 Å². The Hall–Kier alpha value is -0.510. The van der Waals surface area contributed by atoms with Gasteiger partial charge >= 0.3 is 0 Å². The lowest BCUT2D eigenvalue weighted by Gasteiger charge is -2.22. The van der Waals surface area contributed by atoms with Crippen LogP contribution < -0.4 is 0 Å². The predicted octanol–water partition coefficient (Wildman–Crippen LogP) is 3.65. The molecule has 0 saturated carbocycles. The lowest BCUT2D eigenvalue weighted by Crippen LogP contribution is -2.22. The maximum absolute atomic E-state index is 9.51. The molecule has 1 N–H and O–H groups in total. The molecule has 1 unspecified atom stereocenters. The van der Waals surface area contributed by atoms with E-state index in [1.165, 1.54) is 4.90 Å². The number of thioether (sulfide) groups is 1. The second-order valence-electron chi connectivity index (χ2n) is 4.81. The van der Waals surface area contributed by atoms with Crippen molar-refractivity contribution < 1.29 is 9.84 Å². The highest BCUT2D eigenvalue weighted by Gasteiger charge is 2.15. The van der Waals surface area contributed by atoms with Crippen LogP contribution in [0.1, 0.15) is 38.9 Å². The van der Waals surface area contributed by atoms with Crippen molar-refractivity contribution >= 4 is 11.8 Å². The summed E-state index contributed by atoms with van der Waals surface area (Å²) in [7, 11) is 1.75. The van der Waals surface area contributed by atoms with E-state index in [2.05, 4.69) is 26.0 Å². The van der Waals surface area contributed by atoms with Crippen LogP contribution in [-0.4, -0.2) is 23.6 Å². The summed E-state index contributed by atoms with van der Waals surface area (Å²) >= 11 is 1.80. The first-order valence-electron chi connectivity index (χ1n) is 5.90. The summed E-state index contributed by atoms with van der Waals surface area (Å²) in [6, 6.07) is 8.07. The second kappa shape index (κ2) is 6.43. The molecule has 0 heterocycles. The van der Waals surface area contributed by atoms with Crippen molar-refractivity contribution in [2.45, 2.75) is 43.8 Å². The molecule has 0 aliphatic rings. The maximum Gasteiger partial charge on any atom is 0.0762 e. The van der Waals surface area contributed by atoms with E-state index in [1.54, 1.807) is 25.8 Å². The molecular formula is C14H22O2S. The number of hydrogen-bond donors (Lipinski definition) is 1. The SMILES string of the molecule is COC(C)(C)CCSc1cccc(C(C)O)c1. The number of aliphatic hydroxyl groups excluding tert-OH is 1. The molecule has 17 heavy (non-hydrogen) atoms. The fourth-order valence-corrected chi connectivity index (χ4v) is 2.60. The number of benzene rings is 1. The van der Waals surface area contributed by atoms with Gasteiger partial charge in [0.2, 0.25) is 0 Å². The highest BCUT2D eigenvalue weighted by Crippen LogP contribution is 2.25. The molecule has 0 radical (unpaired) electrons. The molecule has 1 aromatic rings. The first kappa shape index (κ1) is 14.6. The number of hydrogen-bond acceptors (Lipinski definition) is 3. The minimum Gasteiger partial charge on any atom is -0.389 e. The third kappa shape index (κ3) is 5.11. The van der Waals surface area contributed by atoms with E-state index in [-0.39, 0.29) is 5.60 Å². The Kier molecular flexibility index (Phi) is 5.50. The molecule has 0 spiro atoms. The number of ether oxygens (including phenoxy) is 1. The smallest absolute Gasteiger partial charge is 0.0762 e. The van der Waals surface area contributed by atoms with E-state index in [0.29, 0.717) is 0 Å². The molecule has 0 amide bonds. The molecule has 0 aliphatic heterocycles. The Morgan fingerprint density at radius 2 is 2.12 bits per heavy atom. The van der Waals surface area contributed by atoms with Crippen molar-refractivity contribution in [2.24, 2.45) is 0 Å². The van der Waals surface area contributed by atoms with Crippen molar-refractivity contribution in [1.82, 2.24) is 0 Å². The average Bonchev–Trinajstić information content (AvgIpc) is 2.29. The van der Waals surface area contributed by atoms with Gasteiger partial charge in [-0.25, -0.2) is 0 Å². The lowest BCUT2D eigenvalue weighted by molar-refractivity contribution is 0.0207. The molecule has 3 heteroatoms. The largest absolute Gasteiger partial charge is 0.389 e. The van der Waals surface area contributed by atoms with E-state index in [1.807, 2.05) is 12.1 Å². The zero-order chi connectivity index (χ0) is 12.9. The van der Waals surface area contributed by atoms with Gasteiger partial charge in [0.05, 0.1) is 11.7 Å². The molecule has 1 atom stereocenters. The van der Waals surface area contributed by atoms with Crippen LogP contribution in [0.4, 0.5) is 0 Å². The van der Waals surface area contributed by atoms with Crippen LogP contribution in [0.5, 0.6) is 0 Å². The van der Waals surface area contributed by atoms with Crippen LogP contribution in [0.3, 0.4) is 0 Å². The molecule has 0 fully saturated rings. The van der Waals surface area contributed by atoms with Crippen LogP contribution in [0.25, 0.3) is 0 Å². The number of methoxy groups -OCH3 is 1. The van der Waals surface area contributed by atoms with E-state index in [0.717, 1.165) is 17.7 Å². The summed E-state index contributed by atoms with van der Waals surface area (Å²) in [6.07, 6.45) is 0.610.